The molecule has 0 fully saturated rings. The van der Waals surface area contributed by atoms with E-state index in [1.165, 1.54) is 4.46 Å². The molecule has 1 heterocycles. The van der Waals surface area contributed by atoms with Gasteiger partial charge in [0, 0.05) is 0 Å². The van der Waals surface area contributed by atoms with Crippen molar-refractivity contribution in [2.75, 3.05) is 6.54 Å². The van der Waals surface area contributed by atoms with E-state index in [9.17, 15) is 8.42 Å². The van der Waals surface area contributed by atoms with Crippen molar-refractivity contribution in [2.45, 2.75) is 42.9 Å². The summed E-state index contributed by atoms with van der Waals surface area (Å²) < 4.78 is 35.7. The van der Waals surface area contributed by atoms with Crippen molar-refractivity contribution >= 4 is 29.4 Å². The Hall–Kier alpha value is -1.85. The molecule has 0 saturated carbocycles. The molecule has 0 aliphatic rings. The molecule has 1 atom stereocenters. The van der Waals surface area contributed by atoms with Crippen LogP contribution in [0.4, 0.5) is 0 Å². The standard InChI is InChI=1S/C23H27NO3SSe/c1-3-8-22(23-11-7-17-27-23)24(16-18-29-21-9-5-4-6-10-21)28(25,26)20-14-12-19(2)13-15-20/h4-7,9-15,17,22H,3,8,16,18H2,1-2H3/t22-/m1/s1. The molecule has 3 aromatic rings. The van der Waals surface area contributed by atoms with Crippen LogP contribution in [0.1, 0.15) is 37.1 Å². The number of nitrogens with zero attached hydrogens (tertiary/aromatic N) is 1. The summed E-state index contributed by atoms with van der Waals surface area (Å²) >= 11 is 0.211. The van der Waals surface area contributed by atoms with E-state index < -0.39 is 10.0 Å². The fraction of sp³-hybridized carbons (Fsp3) is 0.304. The molecule has 0 aliphatic heterocycles. The molecule has 6 heteroatoms. The van der Waals surface area contributed by atoms with Crippen LogP contribution in [-0.4, -0.2) is 34.2 Å². The average molecular weight is 477 g/mol. The van der Waals surface area contributed by atoms with Gasteiger partial charge in [-0.15, -0.1) is 0 Å². The molecule has 4 nitrogen and oxygen atoms in total. The van der Waals surface area contributed by atoms with Crippen LogP contribution < -0.4 is 4.46 Å². The van der Waals surface area contributed by atoms with Crippen molar-refractivity contribution in [3.8, 4) is 0 Å². The molecule has 154 valence electrons. The third kappa shape index (κ3) is 5.61. The van der Waals surface area contributed by atoms with Crippen molar-refractivity contribution in [1.29, 1.82) is 0 Å². The third-order valence-electron chi connectivity index (χ3n) is 4.73. The van der Waals surface area contributed by atoms with E-state index in [0.717, 1.165) is 23.7 Å². The summed E-state index contributed by atoms with van der Waals surface area (Å²) in [5.41, 5.74) is 1.04. The van der Waals surface area contributed by atoms with Gasteiger partial charge in [-0.25, -0.2) is 0 Å². The van der Waals surface area contributed by atoms with E-state index in [2.05, 4.69) is 19.1 Å². The van der Waals surface area contributed by atoms with Gasteiger partial charge in [0.15, 0.2) is 0 Å². The Morgan fingerprint density at radius 2 is 1.72 bits per heavy atom. The van der Waals surface area contributed by atoms with Crippen LogP contribution in [0.15, 0.2) is 82.3 Å². The number of hydrogen-bond donors (Lipinski definition) is 0. The minimum atomic E-state index is -3.64. The van der Waals surface area contributed by atoms with Crippen LogP contribution in [0.3, 0.4) is 0 Å². The number of sulfonamides is 1. The van der Waals surface area contributed by atoms with Crippen LogP contribution in [0.5, 0.6) is 0 Å². The Morgan fingerprint density at radius 1 is 1.00 bits per heavy atom. The maximum absolute atomic E-state index is 13.6. The van der Waals surface area contributed by atoms with Crippen molar-refractivity contribution < 1.29 is 12.8 Å². The first-order chi connectivity index (χ1) is 14.0. The Kier molecular flexibility index (Phi) is 7.73. The van der Waals surface area contributed by atoms with Gasteiger partial charge < -0.3 is 0 Å². The van der Waals surface area contributed by atoms with Crippen LogP contribution in [0, 0.1) is 6.92 Å². The number of furan rings is 1. The molecule has 2 aromatic carbocycles. The van der Waals surface area contributed by atoms with E-state index in [1.807, 2.05) is 49.4 Å². The van der Waals surface area contributed by atoms with Crippen LogP contribution in [0.25, 0.3) is 0 Å². The zero-order valence-corrected chi connectivity index (χ0v) is 19.4. The molecule has 0 radical (unpaired) electrons. The van der Waals surface area contributed by atoms with Gasteiger partial charge in [-0.3, -0.25) is 0 Å². The van der Waals surface area contributed by atoms with Gasteiger partial charge in [-0.05, 0) is 0 Å². The Morgan fingerprint density at radius 3 is 2.34 bits per heavy atom. The van der Waals surface area contributed by atoms with Gasteiger partial charge in [0.25, 0.3) is 0 Å². The van der Waals surface area contributed by atoms with E-state index in [0.29, 0.717) is 17.2 Å². The van der Waals surface area contributed by atoms with Gasteiger partial charge in [0.1, 0.15) is 0 Å². The van der Waals surface area contributed by atoms with Crippen molar-refractivity contribution in [3.63, 3.8) is 0 Å². The molecular formula is C23H27NO3SSe. The first-order valence-corrected chi connectivity index (χ1v) is 13.3. The molecule has 0 N–H and O–H groups in total. The summed E-state index contributed by atoms with van der Waals surface area (Å²) in [6.45, 7) is 4.50. The van der Waals surface area contributed by atoms with Gasteiger partial charge in [-0.1, -0.05) is 0 Å². The quantitative estimate of drug-likeness (QED) is 0.403. The summed E-state index contributed by atoms with van der Waals surface area (Å²) in [6, 6.07) is 20.8. The predicted molar refractivity (Wildman–Crippen MR) is 118 cm³/mol. The molecule has 3 rings (SSSR count). The van der Waals surface area contributed by atoms with Gasteiger partial charge >= 0.3 is 180 Å². The van der Waals surface area contributed by atoms with Crippen LogP contribution in [0.2, 0.25) is 5.32 Å². The van der Waals surface area contributed by atoms with Crippen molar-refractivity contribution in [1.82, 2.24) is 4.31 Å². The van der Waals surface area contributed by atoms with Crippen LogP contribution in [-0.2, 0) is 10.0 Å². The predicted octanol–water partition coefficient (Wildman–Crippen LogP) is 4.57. The molecular weight excluding hydrogens is 449 g/mol. The van der Waals surface area contributed by atoms with E-state index in [1.54, 1.807) is 22.7 Å². The summed E-state index contributed by atoms with van der Waals surface area (Å²) in [5.74, 6) is 0.703. The Bertz CT molecular complexity index is 971. The third-order valence-corrected chi connectivity index (χ3v) is 8.74. The fourth-order valence-electron chi connectivity index (χ4n) is 3.24. The number of hydrogen-bond acceptors (Lipinski definition) is 3. The number of aryl methyl sites for hydroxylation is 1. The van der Waals surface area contributed by atoms with Gasteiger partial charge in [0.05, 0.1) is 0 Å². The zero-order valence-electron chi connectivity index (χ0n) is 16.8. The fourth-order valence-corrected chi connectivity index (χ4v) is 6.96. The molecule has 0 unspecified atom stereocenters. The Labute approximate surface area is 180 Å². The SMILES string of the molecule is CCC[C@H](c1ccco1)N(CC[Se]c1ccccc1)S(=O)(=O)c1ccc(C)cc1. The van der Waals surface area contributed by atoms with Gasteiger partial charge in [-0.2, -0.15) is 0 Å². The topological polar surface area (TPSA) is 50.5 Å². The van der Waals surface area contributed by atoms with E-state index in [-0.39, 0.29) is 21.0 Å². The molecule has 0 spiro atoms. The minimum absolute atomic E-state index is 0.211. The number of rotatable bonds is 10. The van der Waals surface area contributed by atoms with Crippen molar-refractivity contribution in [3.05, 3.63) is 84.3 Å². The van der Waals surface area contributed by atoms with Crippen molar-refractivity contribution in [2.24, 2.45) is 0 Å². The summed E-state index contributed by atoms with van der Waals surface area (Å²) in [6.07, 6.45) is 3.20. The molecule has 29 heavy (non-hydrogen) atoms. The first-order valence-electron chi connectivity index (χ1n) is 9.82. The van der Waals surface area contributed by atoms with E-state index in [4.69, 9.17) is 4.42 Å². The van der Waals surface area contributed by atoms with Gasteiger partial charge in [0.2, 0.25) is 0 Å². The Balaban J connectivity index is 1.90. The normalized spacial score (nSPS) is 12.9. The molecule has 1 aromatic heterocycles. The van der Waals surface area contributed by atoms with E-state index >= 15 is 0 Å². The second-order valence-corrected chi connectivity index (χ2v) is 11.3. The average Bonchev–Trinajstić information content (AvgIpc) is 3.25. The maximum atomic E-state index is 13.6. The summed E-state index contributed by atoms with van der Waals surface area (Å²) in [5, 5.41) is 0.809. The van der Waals surface area contributed by atoms with Crippen LogP contribution >= 0.6 is 0 Å². The monoisotopic (exact) mass is 477 g/mol. The second-order valence-electron chi connectivity index (χ2n) is 6.91. The first kappa shape index (κ1) is 21.8. The molecule has 0 amide bonds. The summed E-state index contributed by atoms with van der Waals surface area (Å²) in [7, 11) is -3.64. The molecule has 0 aliphatic carbocycles. The number of benzene rings is 2. The zero-order chi connectivity index (χ0) is 20.7. The molecule has 0 bridgehead atoms. The molecule has 0 saturated heterocycles. The second kappa shape index (κ2) is 10.3. The summed E-state index contributed by atoms with van der Waals surface area (Å²) in [4.78, 5) is 0.336.